The Balaban J connectivity index is 1.50. The Hall–Kier alpha value is -4.05. The van der Waals surface area contributed by atoms with Crippen molar-refractivity contribution in [2.75, 3.05) is 33.9 Å². The number of carbonyl (C=O) groups excluding carboxylic acids is 2. The van der Waals surface area contributed by atoms with E-state index in [2.05, 4.69) is 15.4 Å². The number of unbranched alkanes of at least 4 members (excludes halogenated alkanes) is 1. The third kappa shape index (κ3) is 7.18. The summed E-state index contributed by atoms with van der Waals surface area (Å²) in [4.78, 5) is 30.6. The van der Waals surface area contributed by atoms with Crippen molar-refractivity contribution in [1.29, 1.82) is 0 Å². The Morgan fingerprint density at radius 1 is 1.12 bits per heavy atom. The molecule has 0 aliphatic rings. The number of nitrogens with zero attached hydrogens (tertiary/aromatic N) is 5. The van der Waals surface area contributed by atoms with Crippen LogP contribution in [0.2, 0.25) is 5.02 Å². The van der Waals surface area contributed by atoms with E-state index in [1.165, 1.54) is 4.90 Å². The number of imidazole rings is 1. The number of benzene rings is 1. The van der Waals surface area contributed by atoms with Gasteiger partial charge in [-0.05, 0) is 43.7 Å². The number of fused-ring (bicyclic) bond motifs is 1. The van der Waals surface area contributed by atoms with Gasteiger partial charge in [-0.2, -0.15) is 5.10 Å². The first-order chi connectivity index (χ1) is 19.7. The maximum absolute atomic E-state index is 12.7. The SMILES string of the molecule is CCCCOC(=O)NCCc1cnc2ccc(-c3ccc(Cl)cc3OCCc3c(C(=O)N(C)C)nn(C)c3C)cn12. The van der Waals surface area contributed by atoms with Crippen molar-refractivity contribution in [2.45, 2.75) is 39.5 Å². The lowest BCUT2D eigenvalue weighted by atomic mass is 10.1. The number of alkyl carbamates (subject to hydrolysis) is 1. The number of pyridine rings is 1. The highest BCUT2D eigenvalue weighted by Crippen LogP contribution is 2.33. The summed E-state index contributed by atoms with van der Waals surface area (Å²) < 4.78 is 15.2. The third-order valence-electron chi connectivity index (χ3n) is 6.89. The van der Waals surface area contributed by atoms with E-state index in [4.69, 9.17) is 21.1 Å². The summed E-state index contributed by atoms with van der Waals surface area (Å²) in [6.07, 6.45) is 6.34. The number of aromatic nitrogens is 4. The zero-order chi connectivity index (χ0) is 29.5. The molecule has 3 heterocycles. The van der Waals surface area contributed by atoms with E-state index in [-0.39, 0.29) is 5.91 Å². The maximum atomic E-state index is 12.7. The second kappa shape index (κ2) is 13.5. The largest absolute Gasteiger partial charge is 0.493 e. The van der Waals surface area contributed by atoms with Gasteiger partial charge in [0.2, 0.25) is 0 Å². The van der Waals surface area contributed by atoms with Crippen LogP contribution in [0.3, 0.4) is 0 Å². The van der Waals surface area contributed by atoms with E-state index in [9.17, 15) is 9.59 Å². The lowest BCUT2D eigenvalue weighted by Gasteiger charge is -2.14. The van der Waals surface area contributed by atoms with E-state index in [1.54, 1.807) is 24.8 Å². The first-order valence-electron chi connectivity index (χ1n) is 13.7. The number of hydrogen-bond donors (Lipinski definition) is 1. The molecule has 11 heteroatoms. The van der Waals surface area contributed by atoms with Crippen LogP contribution in [0.25, 0.3) is 16.8 Å². The molecule has 4 aromatic rings. The zero-order valence-corrected chi connectivity index (χ0v) is 25.0. The van der Waals surface area contributed by atoms with E-state index in [0.717, 1.165) is 46.6 Å². The monoisotopic (exact) mass is 580 g/mol. The number of halogens is 1. The fourth-order valence-electron chi connectivity index (χ4n) is 4.48. The predicted molar refractivity (Wildman–Crippen MR) is 159 cm³/mol. The van der Waals surface area contributed by atoms with Crippen LogP contribution in [-0.2, 0) is 24.6 Å². The molecule has 0 spiro atoms. The van der Waals surface area contributed by atoms with Crippen molar-refractivity contribution in [3.63, 3.8) is 0 Å². The summed E-state index contributed by atoms with van der Waals surface area (Å²) >= 11 is 6.35. The van der Waals surface area contributed by atoms with E-state index < -0.39 is 6.09 Å². The molecule has 218 valence electrons. The van der Waals surface area contributed by atoms with Gasteiger partial charge in [0.15, 0.2) is 5.69 Å². The summed E-state index contributed by atoms with van der Waals surface area (Å²) in [5, 5.41) is 7.79. The molecule has 3 aromatic heterocycles. The Morgan fingerprint density at radius 2 is 1.93 bits per heavy atom. The fraction of sp³-hybridized carbons (Fsp3) is 0.400. The lowest BCUT2D eigenvalue weighted by Crippen LogP contribution is -2.27. The van der Waals surface area contributed by atoms with Crippen molar-refractivity contribution in [2.24, 2.45) is 7.05 Å². The minimum absolute atomic E-state index is 0.139. The summed E-state index contributed by atoms with van der Waals surface area (Å²) in [6, 6.07) is 9.49. The minimum atomic E-state index is -0.407. The number of ether oxygens (including phenoxy) is 2. The van der Waals surface area contributed by atoms with Gasteiger partial charge in [0, 0.05) is 86.0 Å². The Kier molecular flexibility index (Phi) is 9.88. The minimum Gasteiger partial charge on any atom is -0.493 e. The number of rotatable bonds is 12. The molecule has 0 saturated carbocycles. The van der Waals surface area contributed by atoms with Crippen LogP contribution in [0.4, 0.5) is 4.79 Å². The van der Waals surface area contributed by atoms with Gasteiger partial charge in [-0.3, -0.25) is 9.48 Å². The average molecular weight is 581 g/mol. The van der Waals surface area contributed by atoms with Gasteiger partial charge in [-0.15, -0.1) is 0 Å². The summed E-state index contributed by atoms with van der Waals surface area (Å²) in [5.41, 5.74) is 5.78. The molecule has 0 aliphatic carbocycles. The Morgan fingerprint density at radius 3 is 2.68 bits per heavy atom. The topological polar surface area (TPSA) is 103 Å². The van der Waals surface area contributed by atoms with Gasteiger partial charge >= 0.3 is 6.09 Å². The molecule has 4 rings (SSSR count). The highest BCUT2D eigenvalue weighted by Gasteiger charge is 2.21. The summed E-state index contributed by atoms with van der Waals surface area (Å²) in [7, 11) is 5.26. The van der Waals surface area contributed by atoms with Gasteiger partial charge in [0.05, 0.1) is 13.2 Å². The number of amides is 2. The van der Waals surface area contributed by atoms with E-state index in [1.807, 2.05) is 62.0 Å². The number of hydrogen-bond acceptors (Lipinski definition) is 6. The zero-order valence-electron chi connectivity index (χ0n) is 24.2. The maximum Gasteiger partial charge on any atom is 0.407 e. The lowest BCUT2D eigenvalue weighted by molar-refractivity contribution is 0.0820. The molecule has 41 heavy (non-hydrogen) atoms. The number of nitrogens with one attached hydrogen (secondary N) is 1. The molecule has 0 radical (unpaired) electrons. The predicted octanol–water partition coefficient (Wildman–Crippen LogP) is 5.09. The van der Waals surface area contributed by atoms with Crippen LogP contribution in [0.15, 0.2) is 42.7 Å². The molecular formula is C30H37ClN6O4. The van der Waals surface area contributed by atoms with Crippen molar-refractivity contribution in [3.8, 4) is 16.9 Å². The summed E-state index contributed by atoms with van der Waals surface area (Å²) in [6.45, 7) is 5.19. The standard InChI is InChI=1S/C30H37ClN6O4/c1-6-7-15-41-30(39)32-14-12-23-18-33-27-11-8-21(19-37(23)27)25-10-9-22(31)17-26(25)40-16-13-24-20(2)36(5)34-28(24)29(38)35(3)4/h8-11,17-19H,6-7,12-16H2,1-5H3,(H,32,39). The van der Waals surface area contributed by atoms with Crippen LogP contribution >= 0.6 is 11.6 Å². The van der Waals surface area contributed by atoms with Crippen molar-refractivity contribution in [3.05, 3.63) is 70.4 Å². The number of aryl methyl sites for hydroxylation is 1. The highest BCUT2D eigenvalue weighted by molar-refractivity contribution is 6.30. The van der Waals surface area contributed by atoms with Gasteiger partial charge in [0.25, 0.3) is 5.91 Å². The van der Waals surface area contributed by atoms with Crippen molar-refractivity contribution in [1.82, 2.24) is 29.4 Å². The van der Waals surface area contributed by atoms with Crippen LogP contribution in [0.1, 0.15) is 47.2 Å². The third-order valence-corrected chi connectivity index (χ3v) is 7.13. The molecule has 0 aliphatic heterocycles. The molecule has 10 nitrogen and oxygen atoms in total. The fourth-order valence-corrected chi connectivity index (χ4v) is 4.64. The van der Waals surface area contributed by atoms with Crippen LogP contribution in [-0.4, -0.2) is 69.9 Å². The summed E-state index contributed by atoms with van der Waals surface area (Å²) in [5.74, 6) is 0.497. The van der Waals surface area contributed by atoms with Crippen LogP contribution in [0.5, 0.6) is 5.75 Å². The van der Waals surface area contributed by atoms with Gasteiger partial charge in [-0.1, -0.05) is 24.9 Å². The van der Waals surface area contributed by atoms with E-state index in [0.29, 0.717) is 49.1 Å². The molecule has 0 saturated heterocycles. The van der Waals surface area contributed by atoms with Gasteiger partial charge < -0.3 is 24.1 Å². The molecule has 1 aromatic carbocycles. The highest BCUT2D eigenvalue weighted by atomic mass is 35.5. The molecule has 1 N–H and O–H groups in total. The van der Waals surface area contributed by atoms with Crippen molar-refractivity contribution >= 4 is 29.2 Å². The molecule has 0 fully saturated rings. The van der Waals surface area contributed by atoms with E-state index >= 15 is 0 Å². The normalized spacial score (nSPS) is 11.1. The molecule has 2 amide bonds. The molecular weight excluding hydrogens is 544 g/mol. The second-order valence-electron chi connectivity index (χ2n) is 10.0. The van der Waals surface area contributed by atoms with Gasteiger partial charge in [-0.25, -0.2) is 9.78 Å². The smallest absolute Gasteiger partial charge is 0.407 e. The average Bonchev–Trinajstić information content (AvgIpc) is 3.48. The quantitative estimate of drug-likeness (QED) is 0.234. The first-order valence-corrected chi connectivity index (χ1v) is 14.1. The Bertz CT molecular complexity index is 1530. The van der Waals surface area contributed by atoms with Gasteiger partial charge in [0.1, 0.15) is 11.4 Å². The molecule has 0 atom stereocenters. The second-order valence-corrected chi connectivity index (χ2v) is 10.5. The Labute approximate surface area is 245 Å². The van der Waals surface area contributed by atoms with Crippen LogP contribution in [0, 0.1) is 6.92 Å². The first kappa shape index (κ1) is 29.9. The molecule has 0 unspecified atom stereocenters. The van der Waals surface area contributed by atoms with Crippen LogP contribution < -0.4 is 10.1 Å². The van der Waals surface area contributed by atoms with Crippen molar-refractivity contribution < 1.29 is 19.1 Å². The number of carbonyl (C=O) groups is 2. The molecule has 0 bridgehead atoms.